The zero-order valence-electron chi connectivity index (χ0n) is 22.5. The van der Waals surface area contributed by atoms with Crippen LogP contribution < -0.4 is 5.32 Å². The predicted molar refractivity (Wildman–Crippen MR) is 144 cm³/mol. The maximum absolute atomic E-state index is 13.0. The van der Waals surface area contributed by atoms with E-state index in [0.29, 0.717) is 6.07 Å². The van der Waals surface area contributed by atoms with E-state index in [1.807, 2.05) is 0 Å². The van der Waals surface area contributed by atoms with Crippen molar-refractivity contribution in [3.8, 4) is 6.07 Å². The summed E-state index contributed by atoms with van der Waals surface area (Å²) in [5.41, 5.74) is -1.36. The predicted octanol–water partition coefficient (Wildman–Crippen LogP) is 5.92. The molecule has 1 saturated carbocycles. The maximum Gasteiger partial charge on any atom is 0.417 e. The van der Waals surface area contributed by atoms with Crippen molar-refractivity contribution in [3.05, 3.63) is 42.6 Å². The lowest BCUT2D eigenvalue weighted by molar-refractivity contribution is -0.141. The van der Waals surface area contributed by atoms with Crippen molar-refractivity contribution in [2.45, 2.75) is 105 Å². The molecule has 0 spiro atoms. The number of likely N-dealkylation sites (tertiary alicyclic amines) is 1. The summed E-state index contributed by atoms with van der Waals surface area (Å²) in [6.07, 6.45) is 9.04. The van der Waals surface area contributed by atoms with Gasteiger partial charge in [-0.25, -0.2) is 13.2 Å². The highest BCUT2D eigenvalue weighted by atomic mass is 32.2. The standard InChI is InChI=1S/C14H14F3NO4S.C14H26N2/c1-2-18-8-9(7-11(18)13(19)20)23(21,22)12-6-4-3-5-10(12)14(15,16)17;1-2-3-4-5-6-7-8-9-12-16-14(13-15)10-11-14/h2-6,9,11H,1,7-8H2,(H,19,20);16H,2-12H2,1H3/t9-,11+;/m1./s1. The number of carboxylic acid groups (broad SMARTS) is 1. The van der Waals surface area contributed by atoms with Crippen molar-refractivity contribution in [3.63, 3.8) is 0 Å². The van der Waals surface area contributed by atoms with Gasteiger partial charge in [-0.15, -0.1) is 0 Å². The van der Waals surface area contributed by atoms with Crippen LogP contribution in [0.1, 0.15) is 83.1 Å². The first-order chi connectivity index (χ1) is 18.4. The summed E-state index contributed by atoms with van der Waals surface area (Å²) in [4.78, 5) is 11.5. The van der Waals surface area contributed by atoms with Crippen LogP contribution >= 0.6 is 0 Å². The Bertz CT molecular complexity index is 1100. The van der Waals surface area contributed by atoms with Crippen LogP contribution in [0.4, 0.5) is 13.2 Å². The molecule has 0 bridgehead atoms. The number of carboxylic acids is 1. The van der Waals surface area contributed by atoms with Crippen LogP contribution in [0, 0.1) is 11.3 Å². The lowest BCUT2D eigenvalue weighted by Crippen LogP contribution is -2.31. The number of unbranched alkanes of at least 4 members (excludes halogenated alkanes) is 7. The second-order valence-corrected chi connectivity index (χ2v) is 12.4. The fourth-order valence-corrected chi connectivity index (χ4v) is 6.58. The summed E-state index contributed by atoms with van der Waals surface area (Å²) in [5, 5.41) is 20.1. The molecule has 0 amide bonds. The van der Waals surface area contributed by atoms with Gasteiger partial charge in [0.15, 0.2) is 9.84 Å². The second kappa shape index (κ2) is 14.7. The van der Waals surface area contributed by atoms with Crippen molar-refractivity contribution < 1.29 is 31.5 Å². The molecule has 218 valence electrons. The Morgan fingerprint density at radius 3 is 2.26 bits per heavy atom. The number of sulfone groups is 1. The number of alkyl halides is 3. The smallest absolute Gasteiger partial charge is 0.417 e. The van der Waals surface area contributed by atoms with Gasteiger partial charge in [0, 0.05) is 6.54 Å². The summed E-state index contributed by atoms with van der Waals surface area (Å²) in [7, 11) is -4.33. The number of rotatable bonds is 14. The van der Waals surface area contributed by atoms with Gasteiger partial charge in [-0.05, 0) is 50.6 Å². The summed E-state index contributed by atoms with van der Waals surface area (Å²) in [6.45, 7) is 6.48. The second-order valence-electron chi connectivity index (χ2n) is 10.2. The van der Waals surface area contributed by atoms with E-state index in [1.54, 1.807) is 0 Å². The minimum Gasteiger partial charge on any atom is -0.480 e. The SMILES string of the molecule is C=CN1C[C@H](S(=O)(=O)c2ccccc2C(F)(F)F)C[C@H]1C(=O)O.CCCCCCCCCCNC1(C#N)CC1. The van der Waals surface area contributed by atoms with Crippen molar-refractivity contribution in [2.24, 2.45) is 0 Å². The Hall–Kier alpha value is -2.58. The van der Waals surface area contributed by atoms with Gasteiger partial charge in [0.1, 0.15) is 11.6 Å². The van der Waals surface area contributed by atoms with Crippen molar-refractivity contribution in [1.29, 1.82) is 5.26 Å². The number of benzene rings is 1. The molecule has 39 heavy (non-hydrogen) atoms. The first-order valence-electron chi connectivity index (χ1n) is 13.6. The van der Waals surface area contributed by atoms with Crippen LogP contribution in [0.5, 0.6) is 0 Å². The van der Waals surface area contributed by atoms with Gasteiger partial charge < -0.3 is 10.0 Å². The summed E-state index contributed by atoms with van der Waals surface area (Å²) >= 11 is 0. The molecule has 3 rings (SSSR count). The first kappa shape index (κ1) is 32.6. The van der Waals surface area contributed by atoms with Crippen molar-refractivity contribution in [1.82, 2.24) is 10.2 Å². The Morgan fingerprint density at radius 1 is 1.18 bits per heavy atom. The minimum absolute atomic E-state index is 0.110. The fraction of sp³-hybridized carbons (Fsp3) is 0.643. The highest BCUT2D eigenvalue weighted by Crippen LogP contribution is 2.37. The molecule has 1 aliphatic heterocycles. The van der Waals surface area contributed by atoms with E-state index in [1.165, 1.54) is 68.5 Å². The maximum atomic E-state index is 13.0. The molecular weight excluding hydrogens is 531 g/mol. The van der Waals surface area contributed by atoms with E-state index in [-0.39, 0.29) is 18.5 Å². The minimum atomic E-state index is -4.81. The van der Waals surface area contributed by atoms with Gasteiger partial charge in [-0.2, -0.15) is 18.4 Å². The van der Waals surface area contributed by atoms with Crippen LogP contribution in [-0.4, -0.2) is 54.3 Å². The van der Waals surface area contributed by atoms with E-state index in [0.717, 1.165) is 31.5 Å². The quantitative estimate of drug-likeness (QED) is 0.267. The van der Waals surface area contributed by atoms with Crippen molar-refractivity contribution in [2.75, 3.05) is 13.1 Å². The molecule has 0 unspecified atom stereocenters. The Labute approximate surface area is 230 Å². The van der Waals surface area contributed by atoms with E-state index >= 15 is 0 Å². The average molecular weight is 572 g/mol. The van der Waals surface area contributed by atoms with E-state index < -0.39 is 43.7 Å². The molecule has 2 aliphatic rings. The number of hydrogen-bond acceptors (Lipinski definition) is 6. The van der Waals surface area contributed by atoms with Gasteiger partial charge in [0.25, 0.3) is 0 Å². The van der Waals surface area contributed by atoms with Crippen LogP contribution in [-0.2, 0) is 20.8 Å². The molecule has 7 nitrogen and oxygen atoms in total. The third kappa shape index (κ3) is 9.53. The van der Waals surface area contributed by atoms with Gasteiger partial charge in [0.05, 0.1) is 21.8 Å². The third-order valence-electron chi connectivity index (χ3n) is 7.22. The lowest BCUT2D eigenvalue weighted by atomic mass is 10.1. The van der Waals surface area contributed by atoms with Crippen LogP contribution in [0.25, 0.3) is 0 Å². The molecule has 1 aromatic carbocycles. The molecule has 0 aromatic heterocycles. The van der Waals surface area contributed by atoms with Gasteiger partial charge >= 0.3 is 12.1 Å². The zero-order chi connectivity index (χ0) is 29.1. The van der Waals surface area contributed by atoms with Crippen LogP contribution in [0.15, 0.2) is 41.9 Å². The number of carbonyl (C=O) groups is 1. The van der Waals surface area contributed by atoms with Gasteiger partial charge in [-0.3, -0.25) is 5.32 Å². The zero-order valence-corrected chi connectivity index (χ0v) is 23.4. The Kier molecular flexibility index (Phi) is 12.3. The molecule has 1 saturated heterocycles. The number of nitrogens with zero attached hydrogens (tertiary/aromatic N) is 2. The fourth-order valence-electron chi connectivity index (χ4n) is 4.66. The molecule has 2 N–H and O–H groups in total. The lowest BCUT2D eigenvalue weighted by Gasteiger charge is -2.18. The molecular formula is C28H40F3N3O4S. The van der Waals surface area contributed by atoms with Gasteiger partial charge in [0.2, 0.25) is 0 Å². The van der Waals surface area contributed by atoms with Crippen LogP contribution in [0.2, 0.25) is 0 Å². The molecule has 1 aliphatic carbocycles. The molecule has 2 atom stereocenters. The normalized spacial score (nSPS) is 20.0. The monoisotopic (exact) mass is 571 g/mol. The summed E-state index contributed by atoms with van der Waals surface area (Å²) in [6, 6.07) is 5.15. The highest BCUT2D eigenvalue weighted by molar-refractivity contribution is 7.92. The topological polar surface area (TPSA) is 110 Å². The highest BCUT2D eigenvalue weighted by Gasteiger charge is 2.45. The third-order valence-corrected chi connectivity index (χ3v) is 9.40. The van der Waals surface area contributed by atoms with Gasteiger partial charge in [-0.1, -0.05) is 70.6 Å². The van der Waals surface area contributed by atoms with Crippen LogP contribution in [0.3, 0.4) is 0 Å². The van der Waals surface area contributed by atoms with E-state index in [4.69, 9.17) is 10.4 Å². The summed E-state index contributed by atoms with van der Waals surface area (Å²) in [5.74, 6) is -1.24. The Morgan fingerprint density at radius 2 is 1.77 bits per heavy atom. The largest absolute Gasteiger partial charge is 0.480 e. The molecule has 0 radical (unpaired) electrons. The molecule has 2 fully saturated rings. The average Bonchev–Trinajstić information content (AvgIpc) is 3.54. The number of hydrogen-bond donors (Lipinski definition) is 2. The van der Waals surface area contributed by atoms with Crippen molar-refractivity contribution >= 4 is 15.8 Å². The molecule has 11 heteroatoms. The number of aliphatic carboxylic acids is 1. The number of halogens is 3. The number of nitrogens with one attached hydrogen (secondary N) is 1. The van der Waals surface area contributed by atoms with E-state index in [9.17, 15) is 26.4 Å². The first-order valence-corrected chi connectivity index (χ1v) is 15.1. The Balaban J connectivity index is 0.000000293. The molecule has 1 heterocycles. The number of nitriles is 1. The molecule has 1 aromatic rings. The summed E-state index contributed by atoms with van der Waals surface area (Å²) < 4.78 is 64.2. The van der Waals surface area contributed by atoms with E-state index in [2.05, 4.69) is 24.9 Å².